The van der Waals surface area contributed by atoms with Crippen LogP contribution in [0.15, 0.2) is 42.0 Å². The Morgan fingerprint density at radius 2 is 1.43 bits per heavy atom. The van der Waals surface area contributed by atoms with E-state index in [1.54, 1.807) is 10.8 Å². The van der Waals surface area contributed by atoms with Crippen LogP contribution in [0, 0.1) is 19.8 Å². The van der Waals surface area contributed by atoms with E-state index in [2.05, 4.69) is 97.7 Å². The van der Waals surface area contributed by atoms with Crippen molar-refractivity contribution in [3.63, 3.8) is 0 Å². The van der Waals surface area contributed by atoms with Crippen molar-refractivity contribution in [1.29, 1.82) is 0 Å². The fourth-order valence-electron chi connectivity index (χ4n) is 3.30. The molecule has 1 aromatic carbocycles. The van der Waals surface area contributed by atoms with Crippen LogP contribution in [0.2, 0.25) is 16.4 Å². The van der Waals surface area contributed by atoms with Crippen molar-refractivity contribution in [1.82, 2.24) is 0 Å². The first-order valence-electron chi connectivity index (χ1n) is 7.42. The molecule has 0 nitrogen and oxygen atoms in total. The maximum absolute atomic E-state index is 2.52. The zero-order valence-corrected chi connectivity index (χ0v) is 19.5. The Balaban J connectivity index is 0. The Bertz CT molecular complexity index is 574. The Morgan fingerprint density at radius 1 is 0.957 bits per heavy atom. The van der Waals surface area contributed by atoms with Crippen molar-refractivity contribution >= 4 is 13.3 Å². The maximum atomic E-state index is 2.52. The predicted molar refractivity (Wildman–Crippen MR) is 87.8 cm³/mol. The molecule has 1 unspecified atom stereocenters. The minimum absolute atomic E-state index is 0. The first kappa shape index (κ1) is 25.7. The molecule has 0 aromatic heterocycles. The van der Waals surface area contributed by atoms with E-state index in [4.69, 9.17) is 0 Å². The molecule has 0 saturated carbocycles. The number of halogens is 3. The molecule has 0 heterocycles. The van der Waals surface area contributed by atoms with Crippen LogP contribution in [0.25, 0.3) is 0 Å². The van der Waals surface area contributed by atoms with Gasteiger partial charge in [0.2, 0.25) is 0 Å². The van der Waals surface area contributed by atoms with Crippen LogP contribution >= 0.6 is 0 Å². The van der Waals surface area contributed by atoms with Crippen LogP contribution in [-0.2, 0) is 20.4 Å². The van der Waals surface area contributed by atoms with E-state index in [9.17, 15) is 0 Å². The Labute approximate surface area is 173 Å². The molecule has 1 atom stereocenters. The van der Waals surface area contributed by atoms with Gasteiger partial charge in [0.25, 0.3) is 0 Å². The van der Waals surface area contributed by atoms with Gasteiger partial charge in [0.1, 0.15) is 0 Å². The van der Waals surface area contributed by atoms with Crippen LogP contribution in [0.5, 0.6) is 0 Å². The second-order valence-electron chi connectivity index (χ2n) is 6.95. The zero-order valence-electron chi connectivity index (χ0n) is 14.7. The predicted octanol–water partition coefficient (Wildman–Crippen LogP) is -4.37. The first-order chi connectivity index (χ1) is 9.18. The minimum atomic E-state index is -1.61. The second kappa shape index (κ2) is 9.27. The standard InChI is InChI=1S/C18H25Si.3ClH.Ti/c1-13(2)17-8-7-9-18(17)19(5,6)16-11-14(3)10-15(4)12-16;;;;/h7-13H,1-6H3;3*1H;/q;;;;+3/p-3. The molecular formula is C18H25Cl3SiTi. The zero-order chi connectivity index (χ0) is 15.1. The molecule has 5 heteroatoms. The van der Waals surface area contributed by atoms with E-state index in [0.717, 1.165) is 0 Å². The average Bonchev–Trinajstić information content (AvgIpc) is 2.71. The van der Waals surface area contributed by atoms with Crippen molar-refractivity contribution in [2.45, 2.75) is 44.1 Å². The number of hydrogen-bond donors (Lipinski definition) is 0. The summed E-state index contributed by atoms with van der Waals surface area (Å²) >= 11 is 2.45. The molecule has 0 fully saturated rings. The number of benzene rings is 1. The van der Waals surface area contributed by atoms with Gasteiger partial charge in [0.15, 0.2) is 0 Å². The third-order valence-electron chi connectivity index (χ3n) is 4.63. The summed E-state index contributed by atoms with van der Waals surface area (Å²) in [4.78, 5) is 0. The van der Waals surface area contributed by atoms with Crippen LogP contribution in [0.3, 0.4) is 0 Å². The summed E-state index contributed by atoms with van der Waals surface area (Å²) in [7, 11) is -1.61. The van der Waals surface area contributed by atoms with E-state index in [1.807, 2.05) is 0 Å². The molecule has 0 aliphatic heterocycles. The number of rotatable bonds is 3. The minimum Gasteiger partial charge on any atom is -1.00 e. The third kappa shape index (κ3) is 4.78. The van der Waals surface area contributed by atoms with Crippen molar-refractivity contribution in [3.05, 3.63) is 53.1 Å². The van der Waals surface area contributed by atoms with Gasteiger partial charge in [-0.15, -0.1) is 0 Å². The Hall–Kier alpha value is 0.501. The maximum Gasteiger partial charge on any atom is -1.00 e. The van der Waals surface area contributed by atoms with E-state index >= 15 is 0 Å². The van der Waals surface area contributed by atoms with Gasteiger partial charge in [-0.2, -0.15) is 0 Å². The van der Waals surface area contributed by atoms with Gasteiger partial charge in [0, 0.05) is 0 Å². The molecule has 23 heavy (non-hydrogen) atoms. The summed E-state index contributed by atoms with van der Waals surface area (Å²) < 4.78 is 0.237. The van der Waals surface area contributed by atoms with Gasteiger partial charge in [-0.25, -0.2) is 0 Å². The fraction of sp³-hybridized carbons (Fsp3) is 0.444. The smallest absolute Gasteiger partial charge is 1.00 e. The molecule has 126 valence electrons. The molecule has 2 rings (SSSR count). The number of hydrogen-bond acceptors (Lipinski definition) is 0. The first-order valence-corrected chi connectivity index (χ1v) is 11.2. The van der Waals surface area contributed by atoms with E-state index in [-0.39, 0.29) is 40.6 Å². The van der Waals surface area contributed by atoms with Gasteiger partial charge in [-0.1, -0.05) is 0 Å². The topological polar surface area (TPSA) is 0 Å². The van der Waals surface area contributed by atoms with Crippen LogP contribution < -0.4 is 42.4 Å². The monoisotopic (exact) mass is 422 g/mol. The van der Waals surface area contributed by atoms with Crippen LogP contribution in [-0.4, -0.2) is 8.07 Å². The van der Waals surface area contributed by atoms with Gasteiger partial charge in [-0.05, 0) is 0 Å². The van der Waals surface area contributed by atoms with E-state index < -0.39 is 8.07 Å². The van der Waals surface area contributed by atoms with Crippen LogP contribution in [0.4, 0.5) is 0 Å². The molecule has 0 N–H and O–H groups in total. The molecule has 0 bridgehead atoms. The third-order valence-corrected chi connectivity index (χ3v) is 12.4. The van der Waals surface area contributed by atoms with Crippen molar-refractivity contribution in [2.24, 2.45) is 5.92 Å². The summed E-state index contributed by atoms with van der Waals surface area (Å²) in [5.41, 5.74) is 4.38. The molecule has 0 radical (unpaired) electrons. The Morgan fingerprint density at radius 3 is 1.87 bits per heavy atom. The summed E-state index contributed by atoms with van der Waals surface area (Å²) in [6.45, 7) is 14.1. The SMILES string of the molecule is Cc1cc(C)cc([Si](C)(C)[C]2([Ti+3])C=CC=C2C(C)C)c1.[Cl-].[Cl-].[Cl-]. The average molecular weight is 424 g/mol. The van der Waals surface area contributed by atoms with Gasteiger partial charge < -0.3 is 37.2 Å². The molecule has 0 amide bonds. The summed E-state index contributed by atoms with van der Waals surface area (Å²) in [5.74, 6) is 0.618. The fourth-order valence-corrected chi connectivity index (χ4v) is 7.95. The summed E-state index contributed by atoms with van der Waals surface area (Å²) in [6.07, 6.45) is 7.07. The van der Waals surface area contributed by atoms with Crippen molar-refractivity contribution in [2.75, 3.05) is 0 Å². The quantitative estimate of drug-likeness (QED) is 0.431. The van der Waals surface area contributed by atoms with E-state index in [0.29, 0.717) is 5.92 Å². The summed E-state index contributed by atoms with van der Waals surface area (Å²) in [6, 6.07) is 7.10. The second-order valence-corrected chi connectivity index (χ2v) is 13.6. The largest absolute Gasteiger partial charge is 1.00 e. The molecule has 0 saturated heterocycles. The molecular weight excluding hydrogens is 399 g/mol. The normalized spacial score (nSPS) is 19.6. The summed E-state index contributed by atoms with van der Waals surface area (Å²) in [5, 5.41) is 1.58. The van der Waals surface area contributed by atoms with Gasteiger partial charge in [-0.3, -0.25) is 0 Å². The molecule has 1 aliphatic rings. The number of allylic oxidation sites excluding steroid dienone is 4. The number of aryl methyl sites for hydroxylation is 2. The Kier molecular flexibility index (Phi) is 10.4. The molecule has 1 aromatic rings. The van der Waals surface area contributed by atoms with E-state index in [1.165, 1.54) is 11.1 Å². The van der Waals surface area contributed by atoms with Gasteiger partial charge >= 0.3 is 137 Å². The van der Waals surface area contributed by atoms with Crippen molar-refractivity contribution in [3.8, 4) is 0 Å². The van der Waals surface area contributed by atoms with Gasteiger partial charge in [0.05, 0.1) is 0 Å². The molecule has 1 aliphatic carbocycles. The van der Waals surface area contributed by atoms with Crippen LogP contribution in [0.1, 0.15) is 25.0 Å². The van der Waals surface area contributed by atoms with Crippen molar-refractivity contribution < 1.29 is 57.7 Å². The molecule has 0 spiro atoms.